The summed E-state index contributed by atoms with van der Waals surface area (Å²) in [6, 6.07) is 19.0. The monoisotopic (exact) mass is 486 g/mol. The molecule has 1 fully saturated rings. The third-order valence-electron chi connectivity index (χ3n) is 6.09. The molecule has 0 atom stereocenters. The highest BCUT2D eigenvalue weighted by molar-refractivity contribution is 5.95. The Balaban J connectivity index is 1.57. The standard InChI is InChI=1S/C27H30N6O3/c28-19-7-1-18(2-8-19)27(34)33-20-13-23(35-21-9-3-16(4-10-21)25(29)30)15-24(14-20)36-22-11-5-17(6-12-22)26(31)32/h3-6,9-15,18-19H,1-2,7-8,28H2,(H3,29,30)(H3,31,32)(H,33,34). The van der Waals surface area contributed by atoms with Crippen LogP contribution < -0.4 is 32.0 Å². The first-order valence-corrected chi connectivity index (χ1v) is 11.7. The predicted molar refractivity (Wildman–Crippen MR) is 140 cm³/mol. The lowest BCUT2D eigenvalue weighted by Gasteiger charge is -2.25. The van der Waals surface area contributed by atoms with Gasteiger partial charge in [0.2, 0.25) is 5.91 Å². The van der Waals surface area contributed by atoms with Crippen molar-refractivity contribution in [2.75, 3.05) is 5.32 Å². The van der Waals surface area contributed by atoms with E-state index in [0.717, 1.165) is 25.7 Å². The number of anilines is 1. The number of nitrogen functional groups attached to an aromatic ring is 2. The molecule has 186 valence electrons. The first-order chi connectivity index (χ1) is 17.3. The van der Waals surface area contributed by atoms with E-state index in [9.17, 15) is 4.79 Å². The van der Waals surface area contributed by atoms with Crippen LogP contribution in [-0.2, 0) is 4.79 Å². The number of benzene rings is 3. The number of ether oxygens (including phenoxy) is 2. The third-order valence-corrected chi connectivity index (χ3v) is 6.09. The Bertz CT molecular complexity index is 1170. The van der Waals surface area contributed by atoms with Crippen molar-refractivity contribution in [3.63, 3.8) is 0 Å². The van der Waals surface area contributed by atoms with Crippen molar-refractivity contribution in [2.24, 2.45) is 23.1 Å². The maximum Gasteiger partial charge on any atom is 0.227 e. The SMILES string of the molecule is N=C(N)c1ccc(Oc2cc(NC(=O)C3CCC(N)CC3)cc(Oc3ccc(C(=N)N)cc3)c2)cc1. The van der Waals surface area contributed by atoms with Crippen LogP contribution in [0.25, 0.3) is 0 Å². The van der Waals surface area contributed by atoms with E-state index < -0.39 is 0 Å². The molecule has 0 saturated heterocycles. The summed E-state index contributed by atoms with van der Waals surface area (Å²) in [5, 5.41) is 18.1. The molecule has 9 heteroatoms. The number of nitrogens with two attached hydrogens (primary N) is 3. The van der Waals surface area contributed by atoms with Gasteiger partial charge in [-0.3, -0.25) is 15.6 Å². The number of amidine groups is 2. The molecule has 1 aliphatic rings. The average molecular weight is 487 g/mol. The summed E-state index contributed by atoms with van der Waals surface area (Å²) in [5.41, 5.74) is 18.8. The topological polar surface area (TPSA) is 173 Å². The molecule has 1 aliphatic carbocycles. The zero-order chi connectivity index (χ0) is 25.7. The smallest absolute Gasteiger partial charge is 0.227 e. The summed E-state index contributed by atoms with van der Waals surface area (Å²) in [7, 11) is 0. The molecule has 9 N–H and O–H groups in total. The van der Waals surface area contributed by atoms with Gasteiger partial charge < -0.3 is 32.0 Å². The second-order valence-corrected chi connectivity index (χ2v) is 8.87. The number of amides is 1. The number of hydrogen-bond acceptors (Lipinski definition) is 6. The van der Waals surface area contributed by atoms with Crippen molar-refractivity contribution >= 4 is 23.3 Å². The van der Waals surface area contributed by atoms with Gasteiger partial charge in [0.1, 0.15) is 34.7 Å². The lowest BCUT2D eigenvalue weighted by atomic mass is 9.86. The predicted octanol–water partition coefficient (Wildman–Crippen LogP) is 4.30. The molecule has 3 aromatic carbocycles. The van der Waals surface area contributed by atoms with Crippen molar-refractivity contribution in [2.45, 2.75) is 31.7 Å². The van der Waals surface area contributed by atoms with E-state index in [2.05, 4.69) is 5.32 Å². The van der Waals surface area contributed by atoms with Crippen LogP contribution in [0.15, 0.2) is 66.7 Å². The molecule has 4 rings (SSSR count). The van der Waals surface area contributed by atoms with Crippen molar-refractivity contribution in [1.82, 2.24) is 0 Å². The van der Waals surface area contributed by atoms with E-state index in [1.807, 2.05) is 0 Å². The highest BCUT2D eigenvalue weighted by atomic mass is 16.5. The number of carbonyl (C=O) groups is 1. The Labute approximate surface area is 209 Å². The van der Waals surface area contributed by atoms with Gasteiger partial charge in [0.15, 0.2) is 0 Å². The highest BCUT2D eigenvalue weighted by Crippen LogP contribution is 2.33. The quantitative estimate of drug-likeness (QED) is 0.204. The number of carbonyl (C=O) groups excluding carboxylic acids is 1. The van der Waals surface area contributed by atoms with E-state index in [-0.39, 0.29) is 29.5 Å². The van der Waals surface area contributed by atoms with Crippen molar-refractivity contribution in [3.8, 4) is 23.0 Å². The Morgan fingerprint density at radius 3 is 1.58 bits per heavy atom. The van der Waals surface area contributed by atoms with E-state index >= 15 is 0 Å². The second kappa shape index (κ2) is 10.9. The van der Waals surface area contributed by atoms with Gasteiger partial charge in [-0.1, -0.05) is 0 Å². The Hall–Kier alpha value is -4.37. The molecule has 1 saturated carbocycles. The summed E-state index contributed by atoms with van der Waals surface area (Å²) < 4.78 is 12.0. The fourth-order valence-electron chi connectivity index (χ4n) is 4.06. The maximum absolute atomic E-state index is 12.9. The lowest BCUT2D eigenvalue weighted by molar-refractivity contribution is -0.120. The Kier molecular flexibility index (Phi) is 7.50. The number of nitrogens with one attached hydrogen (secondary N) is 3. The molecule has 0 heterocycles. The van der Waals surface area contributed by atoms with E-state index in [4.69, 9.17) is 37.5 Å². The van der Waals surface area contributed by atoms with Gasteiger partial charge in [0.05, 0.1) is 0 Å². The van der Waals surface area contributed by atoms with Crippen LogP contribution in [0.1, 0.15) is 36.8 Å². The highest BCUT2D eigenvalue weighted by Gasteiger charge is 2.25. The molecule has 0 bridgehead atoms. The molecular weight excluding hydrogens is 456 g/mol. The normalized spacial score (nSPS) is 17.1. The zero-order valence-corrected chi connectivity index (χ0v) is 19.8. The first kappa shape index (κ1) is 24.7. The fraction of sp³-hybridized carbons (Fsp3) is 0.222. The Morgan fingerprint density at radius 2 is 1.17 bits per heavy atom. The van der Waals surface area contributed by atoms with E-state index in [0.29, 0.717) is 39.8 Å². The van der Waals surface area contributed by atoms with Gasteiger partial charge in [-0.2, -0.15) is 0 Å². The molecule has 9 nitrogen and oxygen atoms in total. The molecular formula is C27H30N6O3. The summed E-state index contributed by atoms with van der Waals surface area (Å²) in [5.74, 6) is 1.82. The maximum atomic E-state index is 12.9. The molecule has 0 unspecified atom stereocenters. The lowest BCUT2D eigenvalue weighted by Crippen LogP contribution is -2.32. The van der Waals surface area contributed by atoms with Crippen LogP contribution >= 0.6 is 0 Å². The van der Waals surface area contributed by atoms with Gasteiger partial charge >= 0.3 is 0 Å². The average Bonchev–Trinajstić information content (AvgIpc) is 2.85. The van der Waals surface area contributed by atoms with Gasteiger partial charge in [-0.25, -0.2) is 0 Å². The number of rotatable bonds is 8. The summed E-state index contributed by atoms with van der Waals surface area (Å²) in [6.45, 7) is 0. The minimum absolute atomic E-state index is 0.0265. The van der Waals surface area contributed by atoms with E-state index in [1.54, 1.807) is 66.7 Å². The van der Waals surface area contributed by atoms with Gasteiger partial charge in [-0.15, -0.1) is 0 Å². The summed E-state index contributed by atoms with van der Waals surface area (Å²) in [6.07, 6.45) is 3.19. The molecule has 36 heavy (non-hydrogen) atoms. The van der Waals surface area contributed by atoms with Crippen LogP contribution in [0.5, 0.6) is 23.0 Å². The number of hydrogen-bond donors (Lipinski definition) is 6. The Morgan fingerprint density at radius 1 is 0.722 bits per heavy atom. The minimum Gasteiger partial charge on any atom is -0.457 e. The van der Waals surface area contributed by atoms with Crippen LogP contribution in [-0.4, -0.2) is 23.6 Å². The van der Waals surface area contributed by atoms with E-state index in [1.165, 1.54) is 0 Å². The summed E-state index contributed by atoms with van der Waals surface area (Å²) in [4.78, 5) is 12.9. The van der Waals surface area contributed by atoms with Crippen LogP contribution in [0.3, 0.4) is 0 Å². The molecule has 1 amide bonds. The minimum atomic E-state index is -0.0861. The largest absolute Gasteiger partial charge is 0.457 e. The summed E-state index contributed by atoms with van der Waals surface area (Å²) >= 11 is 0. The molecule has 0 spiro atoms. The van der Waals surface area contributed by atoms with Crippen LogP contribution in [0.4, 0.5) is 5.69 Å². The van der Waals surface area contributed by atoms with Gasteiger partial charge in [0.25, 0.3) is 0 Å². The van der Waals surface area contributed by atoms with Gasteiger partial charge in [0, 0.05) is 47.0 Å². The molecule has 0 aliphatic heterocycles. The molecule has 0 aromatic heterocycles. The third kappa shape index (κ3) is 6.39. The van der Waals surface area contributed by atoms with Crippen LogP contribution in [0, 0.1) is 16.7 Å². The molecule has 0 radical (unpaired) electrons. The second-order valence-electron chi connectivity index (χ2n) is 8.87. The zero-order valence-electron chi connectivity index (χ0n) is 19.8. The fourth-order valence-corrected chi connectivity index (χ4v) is 4.06. The van der Waals surface area contributed by atoms with Crippen molar-refractivity contribution < 1.29 is 14.3 Å². The van der Waals surface area contributed by atoms with Gasteiger partial charge in [-0.05, 0) is 74.2 Å². The van der Waals surface area contributed by atoms with Crippen molar-refractivity contribution in [1.29, 1.82) is 10.8 Å². The van der Waals surface area contributed by atoms with Crippen molar-refractivity contribution in [3.05, 3.63) is 77.9 Å². The molecule has 3 aromatic rings. The first-order valence-electron chi connectivity index (χ1n) is 11.7. The van der Waals surface area contributed by atoms with Crippen LogP contribution in [0.2, 0.25) is 0 Å².